The van der Waals surface area contributed by atoms with Crippen LogP contribution in [0.25, 0.3) is 0 Å². The summed E-state index contributed by atoms with van der Waals surface area (Å²) in [5.74, 6) is 3.96. The number of alkyl halides is 2. The van der Waals surface area contributed by atoms with Crippen LogP contribution >= 0.6 is 23.2 Å². The van der Waals surface area contributed by atoms with Crippen molar-refractivity contribution in [2.24, 2.45) is 23.7 Å². The molecule has 3 unspecified atom stereocenters. The molecule has 2 aliphatic rings. The van der Waals surface area contributed by atoms with Crippen LogP contribution in [0.3, 0.4) is 0 Å². The molecule has 0 aromatic rings. The van der Waals surface area contributed by atoms with Gasteiger partial charge in [-0.25, -0.2) is 0 Å². The van der Waals surface area contributed by atoms with Gasteiger partial charge < -0.3 is 0 Å². The van der Waals surface area contributed by atoms with E-state index in [1.54, 1.807) is 0 Å². The maximum absolute atomic E-state index is 8.54. The van der Waals surface area contributed by atoms with Gasteiger partial charge in [0, 0.05) is 24.6 Å². The van der Waals surface area contributed by atoms with Crippen molar-refractivity contribution in [2.75, 3.05) is 11.8 Å². The number of nitrogens with zero attached hydrogens (tertiary/aromatic N) is 2. The lowest BCUT2D eigenvalue weighted by Gasteiger charge is -2.27. The van der Waals surface area contributed by atoms with Crippen LogP contribution < -0.4 is 0 Å². The number of hydrogen-bond acceptors (Lipinski definition) is 2. The maximum atomic E-state index is 8.54. The Balaban J connectivity index is 0.000000211. The highest BCUT2D eigenvalue weighted by atomic mass is 35.5. The van der Waals surface area contributed by atoms with Crippen LogP contribution in [0.4, 0.5) is 0 Å². The lowest BCUT2D eigenvalue weighted by atomic mass is 9.79. The Morgan fingerprint density at radius 2 is 1.62 bits per heavy atom. The molecule has 2 aliphatic carbocycles. The van der Waals surface area contributed by atoms with Crippen molar-refractivity contribution < 1.29 is 0 Å². The second-order valence-corrected chi connectivity index (χ2v) is 7.00. The van der Waals surface area contributed by atoms with Crippen LogP contribution in [-0.2, 0) is 0 Å². The second kappa shape index (κ2) is 11.2. The first-order valence-electron chi connectivity index (χ1n) is 8.10. The van der Waals surface area contributed by atoms with Gasteiger partial charge in [-0.1, -0.05) is 25.7 Å². The highest BCUT2D eigenvalue weighted by molar-refractivity contribution is 6.18. The summed E-state index contributed by atoms with van der Waals surface area (Å²) < 4.78 is 0. The molecule has 0 heterocycles. The van der Waals surface area contributed by atoms with Crippen molar-refractivity contribution in [3.05, 3.63) is 0 Å². The Morgan fingerprint density at radius 1 is 0.952 bits per heavy atom. The third-order valence-electron chi connectivity index (χ3n) is 4.58. The molecule has 0 N–H and O–H groups in total. The molecule has 2 fully saturated rings. The molecule has 2 rings (SSSR count). The minimum atomic E-state index is 0.458. The third-order valence-corrected chi connectivity index (χ3v) is 5.41. The molecule has 0 bridgehead atoms. The molecule has 4 heteroatoms. The second-order valence-electron chi connectivity index (χ2n) is 6.38. The standard InChI is InChI=1S/C9H14ClN.C8H12ClN/c10-7-9-4-2-1-3-8(9)5-6-11;9-6-8(3-4-10)5-7-1-2-7/h8-9H,1-5,7H2;7-8H,1-3,5-6H2. The molecule has 2 nitrogen and oxygen atoms in total. The SMILES string of the molecule is N#CCC(CCl)CC1CC1.N#CCC1CCCCC1CCl. The number of halogens is 2. The summed E-state index contributed by atoms with van der Waals surface area (Å²) in [5, 5.41) is 16.9. The van der Waals surface area contributed by atoms with Crippen LogP contribution in [-0.4, -0.2) is 11.8 Å². The molecule has 3 atom stereocenters. The van der Waals surface area contributed by atoms with E-state index in [2.05, 4.69) is 12.1 Å². The van der Waals surface area contributed by atoms with Crippen LogP contribution in [0.2, 0.25) is 0 Å². The van der Waals surface area contributed by atoms with E-state index >= 15 is 0 Å². The number of hydrogen-bond donors (Lipinski definition) is 0. The van der Waals surface area contributed by atoms with Gasteiger partial charge in [0.1, 0.15) is 0 Å². The van der Waals surface area contributed by atoms with Crippen molar-refractivity contribution in [3.63, 3.8) is 0 Å². The molecule has 0 saturated heterocycles. The van der Waals surface area contributed by atoms with Crippen LogP contribution in [0.1, 0.15) is 57.8 Å². The maximum Gasteiger partial charge on any atom is 0.0625 e. The fourth-order valence-electron chi connectivity index (χ4n) is 3.03. The molecule has 0 radical (unpaired) electrons. The molecule has 0 spiro atoms. The summed E-state index contributed by atoms with van der Waals surface area (Å²) in [7, 11) is 0. The normalized spacial score (nSPS) is 25.9. The Kier molecular flexibility index (Phi) is 9.90. The van der Waals surface area contributed by atoms with Crippen molar-refractivity contribution in [1.29, 1.82) is 10.5 Å². The molecule has 118 valence electrons. The van der Waals surface area contributed by atoms with E-state index in [4.69, 9.17) is 33.7 Å². The smallest absolute Gasteiger partial charge is 0.0625 e. The van der Waals surface area contributed by atoms with E-state index in [-0.39, 0.29) is 0 Å². The lowest BCUT2D eigenvalue weighted by Crippen LogP contribution is -2.20. The van der Waals surface area contributed by atoms with E-state index in [0.717, 1.165) is 11.8 Å². The van der Waals surface area contributed by atoms with E-state index in [1.807, 2.05) is 0 Å². The predicted molar refractivity (Wildman–Crippen MR) is 88.2 cm³/mol. The summed E-state index contributed by atoms with van der Waals surface area (Å²) in [5.41, 5.74) is 0. The van der Waals surface area contributed by atoms with E-state index < -0.39 is 0 Å². The van der Waals surface area contributed by atoms with Gasteiger partial charge in [0.05, 0.1) is 12.1 Å². The highest BCUT2D eigenvalue weighted by Gasteiger charge is 2.25. The molecular weight excluding hydrogens is 303 g/mol. The quantitative estimate of drug-likeness (QED) is 0.604. The first-order chi connectivity index (χ1) is 10.2. The van der Waals surface area contributed by atoms with Gasteiger partial charge in [0.2, 0.25) is 0 Å². The van der Waals surface area contributed by atoms with Gasteiger partial charge in [0.15, 0.2) is 0 Å². The first kappa shape index (κ1) is 18.6. The molecular formula is C17H26Cl2N2. The van der Waals surface area contributed by atoms with Gasteiger partial charge >= 0.3 is 0 Å². The van der Waals surface area contributed by atoms with Crippen molar-refractivity contribution >= 4 is 23.2 Å². The van der Waals surface area contributed by atoms with E-state index in [1.165, 1.54) is 44.9 Å². The fraction of sp³-hybridized carbons (Fsp3) is 0.882. The average Bonchev–Trinajstić information content (AvgIpc) is 3.32. The lowest BCUT2D eigenvalue weighted by molar-refractivity contribution is 0.263. The van der Waals surface area contributed by atoms with E-state index in [0.29, 0.717) is 36.5 Å². The largest absolute Gasteiger partial charge is 0.198 e. The molecule has 0 aromatic heterocycles. The Hall–Kier alpha value is -0.440. The summed E-state index contributed by atoms with van der Waals surface area (Å²) in [6.45, 7) is 0. The van der Waals surface area contributed by atoms with E-state index in [9.17, 15) is 0 Å². The zero-order chi connectivity index (χ0) is 15.5. The Morgan fingerprint density at radius 3 is 2.10 bits per heavy atom. The van der Waals surface area contributed by atoms with Gasteiger partial charge in [-0.05, 0) is 42.9 Å². The Labute approximate surface area is 139 Å². The topological polar surface area (TPSA) is 47.6 Å². The Bertz CT molecular complexity index is 355. The molecule has 0 amide bonds. The minimum absolute atomic E-state index is 0.458. The van der Waals surface area contributed by atoms with Crippen LogP contribution in [0.5, 0.6) is 0 Å². The van der Waals surface area contributed by atoms with Crippen LogP contribution in [0.15, 0.2) is 0 Å². The first-order valence-corrected chi connectivity index (χ1v) is 9.17. The summed E-state index contributed by atoms with van der Waals surface area (Å²) in [6.07, 6.45) is 10.3. The van der Waals surface area contributed by atoms with Gasteiger partial charge in [-0.2, -0.15) is 10.5 Å². The number of rotatable bonds is 6. The zero-order valence-electron chi connectivity index (χ0n) is 12.7. The minimum Gasteiger partial charge on any atom is -0.198 e. The molecule has 21 heavy (non-hydrogen) atoms. The molecule has 0 aromatic carbocycles. The fourth-order valence-corrected chi connectivity index (χ4v) is 3.67. The summed E-state index contributed by atoms with van der Waals surface area (Å²) >= 11 is 11.5. The van der Waals surface area contributed by atoms with Gasteiger partial charge in [-0.15, -0.1) is 23.2 Å². The molecule has 2 saturated carbocycles. The monoisotopic (exact) mass is 328 g/mol. The van der Waals surface area contributed by atoms with Gasteiger partial charge in [0.25, 0.3) is 0 Å². The summed E-state index contributed by atoms with van der Waals surface area (Å²) in [6, 6.07) is 4.41. The summed E-state index contributed by atoms with van der Waals surface area (Å²) in [4.78, 5) is 0. The molecule has 0 aliphatic heterocycles. The van der Waals surface area contributed by atoms with Crippen molar-refractivity contribution in [1.82, 2.24) is 0 Å². The number of nitriles is 2. The van der Waals surface area contributed by atoms with Crippen molar-refractivity contribution in [3.8, 4) is 12.1 Å². The van der Waals surface area contributed by atoms with Crippen LogP contribution in [0, 0.1) is 46.3 Å². The predicted octanol–water partition coefficient (Wildman–Crippen LogP) is 5.50. The zero-order valence-corrected chi connectivity index (χ0v) is 14.2. The average molecular weight is 329 g/mol. The third kappa shape index (κ3) is 7.94. The highest BCUT2D eigenvalue weighted by Crippen LogP contribution is 2.36. The van der Waals surface area contributed by atoms with Gasteiger partial charge in [-0.3, -0.25) is 0 Å². The van der Waals surface area contributed by atoms with Crippen molar-refractivity contribution in [2.45, 2.75) is 57.8 Å².